The summed E-state index contributed by atoms with van der Waals surface area (Å²) in [5.41, 5.74) is 5.39. The summed E-state index contributed by atoms with van der Waals surface area (Å²) < 4.78 is 15.1. The van der Waals surface area contributed by atoms with Gasteiger partial charge in [-0.15, -0.1) is 0 Å². The first-order valence-corrected chi connectivity index (χ1v) is 6.29. The highest BCUT2D eigenvalue weighted by atomic mass is 16.7. The lowest BCUT2D eigenvalue weighted by molar-refractivity contribution is -0.121. The minimum atomic E-state index is -0.677. The Morgan fingerprint density at radius 1 is 1.25 bits per heavy atom. The van der Waals surface area contributed by atoms with Crippen LogP contribution >= 0.6 is 0 Å². The fraction of sp³-hybridized carbons (Fsp3) is 0.385. The van der Waals surface area contributed by atoms with E-state index in [9.17, 15) is 9.59 Å². The van der Waals surface area contributed by atoms with Crippen molar-refractivity contribution in [1.29, 1.82) is 0 Å². The molecule has 0 atom stereocenters. The van der Waals surface area contributed by atoms with Gasteiger partial charge in [0.15, 0.2) is 11.5 Å². The quantitative estimate of drug-likeness (QED) is 0.807. The summed E-state index contributed by atoms with van der Waals surface area (Å²) in [7, 11) is 0. The van der Waals surface area contributed by atoms with Crippen molar-refractivity contribution in [3.63, 3.8) is 0 Å². The van der Waals surface area contributed by atoms with Gasteiger partial charge in [0.1, 0.15) is 0 Å². The maximum absolute atomic E-state index is 11.5. The monoisotopic (exact) mass is 280 g/mol. The number of amides is 2. The maximum Gasteiger partial charge on any atom is 0.426 e. The molecule has 0 aliphatic carbocycles. The third kappa shape index (κ3) is 3.78. The molecule has 0 radical (unpaired) electrons. The molecule has 20 heavy (non-hydrogen) atoms. The molecule has 108 valence electrons. The van der Waals surface area contributed by atoms with Gasteiger partial charge >= 0.3 is 6.09 Å². The number of nitrogens with one attached hydrogen (secondary N) is 2. The molecule has 7 nitrogen and oxygen atoms in total. The second-order valence-corrected chi connectivity index (χ2v) is 4.08. The van der Waals surface area contributed by atoms with E-state index in [1.54, 1.807) is 6.92 Å². The molecular weight excluding hydrogens is 264 g/mol. The van der Waals surface area contributed by atoms with E-state index in [0.29, 0.717) is 17.9 Å². The van der Waals surface area contributed by atoms with Crippen molar-refractivity contribution in [2.45, 2.75) is 19.8 Å². The molecule has 1 aliphatic rings. The standard InChI is InChI=1S/C13H16N2O5/c1-2-18-13(17)15-14-12(16)6-4-9-3-5-10-11(7-9)20-8-19-10/h3,5,7H,2,4,6,8H2,1H3,(H,14,16)(H,15,17). The van der Waals surface area contributed by atoms with Gasteiger partial charge in [0.25, 0.3) is 0 Å². The van der Waals surface area contributed by atoms with Gasteiger partial charge in [-0.25, -0.2) is 10.2 Å². The largest absolute Gasteiger partial charge is 0.454 e. The molecule has 2 amide bonds. The van der Waals surface area contributed by atoms with Gasteiger partial charge < -0.3 is 14.2 Å². The number of hydrogen-bond donors (Lipinski definition) is 2. The molecular formula is C13H16N2O5. The third-order valence-corrected chi connectivity index (χ3v) is 2.66. The number of hydrogen-bond acceptors (Lipinski definition) is 5. The van der Waals surface area contributed by atoms with Gasteiger partial charge in [0, 0.05) is 6.42 Å². The minimum absolute atomic E-state index is 0.225. The Balaban J connectivity index is 1.74. The van der Waals surface area contributed by atoms with Crippen molar-refractivity contribution in [3.8, 4) is 11.5 Å². The van der Waals surface area contributed by atoms with Crippen molar-refractivity contribution in [2.24, 2.45) is 0 Å². The molecule has 7 heteroatoms. The number of benzene rings is 1. The van der Waals surface area contributed by atoms with E-state index in [0.717, 1.165) is 5.56 Å². The van der Waals surface area contributed by atoms with Gasteiger partial charge in [-0.3, -0.25) is 10.2 Å². The Kier molecular flexibility index (Phi) is 4.65. The molecule has 0 saturated heterocycles. The molecule has 2 rings (SSSR count). The molecule has 1 aromatic carbocycles. The van der Waals surface area contributed by atoms with E-state index in [1.807, 2.05) is 18.2 Å². The first-order valence-electron chi connectivity index (χ1n) is 6.29. The summed E-state index contributed by atoms with van der Waals surface area (Å²) in [5.74, 6) is 1.10. The number of hydrazine groups is 1. The van der Waals surface area contributed by atoms with Crippen LogP contribution in [0.2, 0.25) is 0 Å². The Bertz CT molecular complexity index is 504. The van der Waals surface area contributed by atoms with Gasteiger partial charge in [-0.05, 0) is 31.0 Å². The van der Waals surface area contributed by atoms with Crippen LogP contribution in [-0.2, 0) is 16.0 Å². The van der Waals surface area contributed by atoms with E-state index in [-0.39, 0.29) is 25.7 Å². The Labute approximate surface area is 116 Å². The minimum Gasteiger partial charge on any atom is -0.454 e. The maximum atomic E-state index is 11.5. The van der Waals surface area contributed by atoms with Gasteiger partial charge in [-0.2, -0.15) is 0 Å². The highest BCUT2D eigenvalue weighted by molar-refractivity contribution is 5.79. The van der Waals surface area contributed by atoms with Crippen LogP contribution in [0.25, 0.3) is 0 Å². The summed E-state index contributed by atoms with van der Waals surface area (Å²) in [6, 6.07) is 5.53. The zero-order valence-electron chi connectivity index (χ0n) is 11.1. The normalized spacial score (nSPS) is 11.8. The molecule has 0 spiro atoms. The number of carbonyl (C=O) groups is 2. The molecule has 0 unspecified atom stereocenters. The highest BCUT2D eigenvalue weighted by Gasteiger charge is 2.13. The molecule has 0 bridgehead atoms. The third-order valence-electron chi connectivity index (χ3n) is 2.66. The molecule has 2 N–H and O–H groups in total. The molecule has 0 fully saturated rings. The summed E-state index contributed by atoms with van der Waals surface area (Å²) in [6.07, 6.45) is 0.0999. The second kappa shape index (κ2) is 6.65. The smallest absolute Gasteiger partial charge is 0.426 e. The number of fused-ring (bicyclic) bond motifs is 1. The average molecular weight is 280 g/mol. The van der Waals surface area contributed by atoms with E-state index >= 15 is 0 Å². The average Bonchev–Trinajstić information content (AvgIpc) is 2.90. The van der Waals surface area contributed by atoms with Crippen LogP contribution in [0.5, 0.6) is 11.5 Å². The van der Waals surface area contributed by atoms with E-state index in [2.05, 4.69) is 15.6 Å². The zero-order chi connectivity index (χ0) is 14.4. The van der Waals surface area contributed by atoms with Crippen molar-refractivity contribution in [2.75, 3.05) is 13.4 Å². The lowest BCUT2D eigenvalue weighted by Crippen LogP contribution is -2.42. The van der Waals surface area contributed by atoms with Crippen LogP contribution in [0.3, 0.4) is 0 Å². The number of rotatable bonds is 4. The number of ether oxygens (including phenoxy) is 3. The van der Waals surface area contributed by atoms with Crippen molar-refractivity contribution < 1.29 is 23.8 Å². The van der Waals surface area contributed by atoms with Gasteiger partial charge in [0.05, 0.1) is 6.61 Å². The SMILES string of the molecule is CCOC(=O)NNC(=O)CCc1ccc2c(c1)OCO2. The molecule has 0 saturated carbocycles. The lowest BCUT2D eigenvalue weighted by atomic mass is 10.1. The van der Waals surface area contributed by atoms with Crippen LogP contribution in [0.4, 0.5) is 4.79 Å². The summed E-state index contributed by atoms with van der Waals surface area (Å²) in [5, 5.41) is 0. The van der Waals surface area contributed by atoms with Crippen LogP contribution in [0, 0.1) is 0 Å². The van der Waals surface area contributed by atoms with Crippen molar-refractivity contribution >= 4 is 12.0 Å². The fourth-order valence-electron chi connectivity index (χ4n) is 1.70. The topological polar surface area (TPSA) is 85.9 Å². The summed E-state index contributed by atoms with van der Waals surface area (Å²) >= 11 is 0. The Hall–Kier alpha value is -2.44. The predicted octanol–water partition coefficient (Wildman–Crippen LogP) is 1.13. The number of aryl methyl sites for hydroxylation is 1. The van der Waals surface area contributed by atoms with Crippen LogP contribution < -0.4 is 20.3 Å². The summed E-state index contributed by atoms with van der Waals surface area (Å²) in [6.45, 7) is 2.16. The van der Waals surface area contributed by atoms with E-state index in [1.165, 1.54) is 0 Å². The lowest BCUT2D eigenvalue weighted by Gasteiger charge is -2.07. The van der Waals surface area contributed by atoms with Crippen molar-refractivity contribution in [1.82, 2.24) is 10.9 Å². The van der Waals surface area contributed by atoms with E-state index in [4.69, 9.17) is 9.47 Å². The predicted molar refractivity (Wildman–Crippen MR) is 69.2 cm³/mol. The van der Waals surface area contributed by atoms with E-state index < -0.39 is 6.09 Å². The Morgan fingerprint density at radius 3 is 2.85 bits per heavy atom. The van der Waals surface area contributed by atoms with Gasteiger partial charge in [0.2, 0.25) is 12.7 Å². The zero-order valence-corrected chi connectivity index (χ0v) is 11.1. The highest BCUT2D eigenvalue weighted by Crippen LogP contribution is 2.32. The molecule has 0 aromatic heterocycles. The molecule has 1 heterocycles. The Morgan fingerprint density at radius 2 is 2.05 bits per heavy atom. The first kappa shape index (κ1) is 14.0. The fourth-order valence-corrected chi connectivity index (χ4v) is 1.70. The second-order valence-electron chi connectivity index (χ2n) is 4.08. The van der Waals surface area contributed by atoms with Crippen LogP contribution in [0.1, 0.15) is 18.9 Å². The van der Waals surface area contributed by atoms with Crippen molar-refractivity contribution in [3.05, 3.63) is 23.8 Å². The van der Waals surface area contributed by atoms with Crippen LogP contribution in [-0.4, -0.2) is 25.4 Å². The first-order chi connectivity index (χ1) is 9.69. The van der Waals surface area contributed by atoms with Gasteiger partial charge in [-0.1, -0.05) is 6.07 Å². The van der Waals surface area contributed by atoms with Crippen LogP contribution in [0.15, 0.2) is 18.2 Å². The number of carbonyl (C=O) groups excluding carboxylic acids is 2. The summed E-state index contributed by atoms with van der Waals surface area (Å²) in [4.78, 5) is 22.5. The molecule has 1 aliphatic heterocycles. The molecule has 1 aromatic rings.